The first-order valence-electron chi connectivity index (χ1n) is 7.38. The number of carbonyl (C=O) groups is 2. The minimum atomic E-state index is -0.225. The van der Waals surface area contributed by atoms with E-state index in [9.17, 15) is 9.59 Å². The van der Waals surface area contributed by atoms with E-state index in [0.717, 1.165) is 10.9 Å². The second-order valence-corrected chi connectivity index (χ2v) is 5.84. The van der Waals surface area contributed by atoms with Gasteiger partial charge in [-0.2, -0.15) is 0 Å². The number of benzene rings is 2. The minimum absolute atomic E-state index is 0.168. The molecule has 0 bridgehead atoms. The highest BCUT2D eigenvalue weighted by Crippen LogP contribution is 2.23. The zero-order valence-electron chi connectivity index (χ0n) is 13.3. The van der Waals surface area contributed by atoms with Crippen molar-refractivity contribution < 1.29 is 9.59 Å². The van der Waals surface area contributed by atoms with Crippen LogP contribution in [0.15, 0.2) is 48.5 Å². The second-order valence-electron chi connectivity index (χ2n) is 5.40. The smallest absolute Gasteiger partial charge is 0.272 e. The van der Waals surface area contributed by atoms with Crippen molar-refractivity contribution in [3.63, 3.8) is 0 Å². The summed E-state index contributed by atoms with van der Waals surface area (Å²) >= 11 is 6.02. The van der Waals surface area contributed by atoms with Crippen LogP contribution in [-0.2, 0) is 7.05 Å². The molecule has 122 valence electrons. The zero-order valence-corrected chi connectivity index (χ0v) is 14.0. The number of nitrogens with one attached hydrogen (secondary N) is 2. The Labute approximate surface area is 144 Å². The summed E-state index contributed by atoms with van der Waals surface area (Å²) in [6, 6.07) is 14.0. The Morgan fingerprint density at radius 2 is 1.71 bits per heavy atom. The molecule has 24 heavy (non-hydrogen) atoms. The largest absolute Gasteiger partial charge is 0.355 e. The van der Waals surface area contributed by atoms with Gasteiger partial charge in [-0.1, -0.05) is 17.7 Å². The summed E-state index contributed by atoms with van der Waals surface area (Å²) in [5.74, 6) is -0.393. The molecular formula is C18H16ClN3O2. The summed E-state index contributed by atoms with van der Waals surface area (Å²) in [5, 5.41) is 6.96. The number of carbonyl (C=O) groups excluding carboxylic acids is 2. The number of fused-ring (bicyclic) bond motifs is 1. The van der Waals surface area contributed by atoms with Crippen molar-refractivity contribution in [3.8, 4) is 0 Å². The van der Waals surface area contributed by atoms with Crippen molar-refractivity contribution >= 4 is 40.0 Å². The number of hydrogen-bond acceptors (Lipinski definition) is 2. The first kappa shape index (κ1) is 16.1. The lowest BCUT2D eigenvalue weighted by Gasteiger charge is -2.07. The van der Waals surface area contributed by atoms with Gasteiger partial charge in [0.2, 0.25) is 0 Å². The van der Waals surface area contributed by atoms with Gasteiger partial charge in [0.1, 0.15) is 5.69 Å². The Bertz CT molecular complexity index is 929. The number of hydrogen-bond donors (Lipinski definition) is 2. The third kappa shape index (κ3) is 2.98. The van der Waals surface area contributed by atoms with Crippen molar-refractivity contribution in [2.75, 3.05) is 12.4 Å². The van der Waals surface area contributed by atoms with Gasteiger partial charge in [-0.25, -0.2) is 0 Å². The molecule has 3 aromatic rings. The van der Waals surface area contributed by atoms with E-state index in [1.165, 1.54) is 0 Å². The quantitative estimate of drug-likeness (QED) is 0.766. The van der Waals surface area contributed by atoms with Crippen LogP contribution < -0.4 is 10.6 Å². The molecule has 0 aliphatic carbocycles. The molecule has 0 saturated heterocycles. The van der Waals surface area contributed by atoms with E-state index in [1.807, 2.05) is 25.2 Å². The van der Waals surface area contributed by atoms with Crippen LogP contribution in [0.25, 0.3) is 10.9 Å². The van der Waals surface area contributed by atoms with E-state index in [4.69, 9.17) is 11.6 Å². The Balaban J connectivity index is 1.85. The Hall–Kier alpha value is -2.79. The fraction of sp³-hybridized carbons (Fsp3) is 0.111. The van der Waals surface area contributed by atoms with Gasteiger partial charge in [0.25, 0.3) is 11.8 Å². The van der Waals surface area contributed by atoms with E-state index in [0.29, 0.717) is 22.0 Å². The minimum Gasteiger partial charge on any atom is -0.355 e. The maximum Gasteiger partial charge on any atom is 0.272 e. The van der Waals surface area contributed by atoms with Crippen molar-refractivity contribution in [2.24, 2.45) is 7.05 Å². The number of aromatic nitrogens is 1. The molecule has 0 aliphatic heterocycles. The molecule has 0 fully saturated rings. The van der Waals surface area contributed by atoms with Gasteiger partial charge in [0.15, 0.2) is 0 Å². The molecule has 0 spiro atoms. The summed E-state index contributed by atoms with van der Waals surface area (Å²) in [5.41, 5.74) is 2.58. The van der Waals surface area contributed by atoms with E-state index in [-0.39, 0.29) is 11.8 Å². The van der Waals surface area contributed by atoms with E-state index < -0.39 is 0 Å². The Kier molecular flexibility index (Phi) is 4.27. The van der Waals surface area contributed by atoms with Gasteiger partial charge < -0.3 is 15.2 Å². The third-order valence-electron chi connectivity index (χ3n) is 3.87. The second kappa shape index (κ2) is 6.37. The van der Waals surface area contributed by atoms with E-state index in [1.54, 1.807) is 41.9 Å². The highest BCUT2D eigenvalue weighted by Gasteiger charge is 2.14. The van der Waals surface area contributed by atoms with E-state index in [2.05, 4.69) is 10.6 Å². The number of nitrogens with zero attached hydrogens (tertiary/aromatic N) is 1. The van der Waals surface area contributed by atoms with Gasteiger partial charge in [0, 0.05) is 41.3 Å². The predicted octanol–water partition coefficient (Wildman–Crippen LogP) is 3.44. The number of anilines is 1. The van der Waals surface area contributed by atoms with Crippen LogP contribution in [0.3, 0.4) is 0 Å². The van der Waals surface area contributed by atoms with Gasteiger partial charge in [-0.05, 0) is 42.5 Å². The van der Waals surface area contributed by atoms with Crippen molar-refractivity contribution in [1.82, 2.24) is 9.88 Å². The van der Waals surface area contributed by atoms with Gasteiger partial charge in [-0.15, -0.1) is 0 Å². The number of amides is 2. The van der Waals surface area contributed by atoms with Crippen LogP contribution in [-0.4, -0.2) is 23.4 Å². The molecule has 2 N–H and O–H groups in total. The molecule has 2 amide bonds. The number of rotatable bonds is 3. The monoisotopic (exact) mass is 341 g/mol. The predicted molar refractivity (Wildman–Crippen MR) is 95.7 cm³/mol. The van der Waals surface area contributed by atoms with Gasteiger partial charge in [0.05, 0.1) is 0 Å². The molecule has 6 heteroatoms. The summed E-state index contributed by atoms with van der Waals surface area (Å²) in [6.07, 6.45) is 0. The molecule has 1 heterocycles. The molecule has 3 rings (SSSR count). The van der Waals surface area contributed by atoms with Crippen LogP contribution in [0, 0.1) is 0 Å². The molecule has 0 atom stereocenters. The Morgan fingerprint density at radius 3 is 2.38 bits per heavy atom. The fourth-order valence-electron chi connectivity index (χ4n) is 2.57. The molecule has 5 nitrogen and oxygen atoms in total. The molecule has 0 radical (unpaired) electrons. The van der Waals surface area contributed by atoms with Gasteiger partial charge >= 0.3 is 0 Å². The zero-order chi connectivity index (χ0) is 17.3. The third-order valence-corrected chi connectivity index (χ3v) is 4.11. The SMILES string of the molecule is CNC(=O)c1ccc(NC(=O)c2cc3ccc(Cl)cc3n2C)cc1. The topological polar surface area (TPSA) is 63.1 Å². The summed E-state index contributed by atoms with van der Waals surface area (Å²) in [6.45, 7) is 0. The fourth-order valence-corrected chi connectivity index (χ4v) is 2.73. The first-order valence-corrected chi connectivity index (χ1v) is 7.76. The molecular weight excluding hydrogens is 326 g/mol. The molecule has 0 saturated carbocycles. The van der Waals surface area contributed by atoms with Crippen molar-refractivity contribution in [2.45, 2.75) is 0 Å². The summed E-state index contributed by atoms with van der Waals surface area (Å²) in [4.78, 5) is 24.0. The molecule has 0 unspecified atom stereocenters. The Morgan fingerprint density at radius 1 is 1.00 bits per heavy atom. The maximum absolute atomic E-state index is 12.5. The maximum atomic E-state index is 12.5. The average molecular weight is 342 g/mol. The standard InChI is InChI=1S/C18H16ClN3O2/c1-20-17(23)11-4-7-14(8-5-11)21-18(24)16-9-12-3-6-13(19)10-15(12)22(16)2/h3-10H,1-2H3,(H,20,23)(H,21,24). The van der Waals surface area contributed by atoms with Crippen molar-refractivity contribution in [1.29, 1.82) is 0 Å². The lowest BCUT2D eigenvalue weighted by atomic mass is 10.2. The van der Waals surface area contributed by atoms with Crippen molar-refractivity contribution in [3.05, 3.63) is 64.8 Å². The van der Waals surface area contributed by atoms with Crippen LogP contribution >= 0.6 is 11.6 Å². The summed E-state index contributed by atoms with van der Waals surface area (Å²) < 4.78 is 1.80. The average Bonchev–Trinajstić information content (AvgIpc) is 2.91. The highest BCUT2D eigenvalue weighted by atomic mass is 35.5. The lowest BCUT2D eigenvalue weighted by molar-refractivity contribution is 0.0962. The lowest BCUT2D eigenvalue weighted by Crippen LogP contribution is -2.18. The van der Waals surface area contributed by atoms with Crippen LogP contribution in [0.2, 0.25) is 5.02 Å². The van der Waals surface area contributed by atoms with E-state index >= 15 is 0 Å². The normalized spacial score (nSPS) is 10.6. The summed E-state index contributed by atoms with van der Waals surface area (Å²) in [7, 11) is 3.40. The van der Waals surface area contributed by atoms with Gasteiger partial charge in [-0.3, -0.25) is 9.59 Å². The highest BCUT2D eigenvalue weighted by molar-refractivity contribution is 6.31. The molecule has 0 aliphatic rings. The number of halogens is 1. The van der Waals surface area contributed by atoms with Crippen LogP contribution in [0.4, 0.5) is 5.69 Å². The molecule has 1 aromatic heterocycles. The molecule has 2 aromatic carbocycles. The van der Waals surface area contributed by atoms with Crippen LogP contribution in [0.5, 0.6) is 0 Å². The van der Waals surface area contributed by atoms with Crippen LogP contribution in [0.1, 0.15) is 20.8 Å². The first-order chi connectivity index (χ1) is 11.5. The number of aryl methyl sites for hydroxylation is 1.